The number of rotatable bonds is 9. The van der Waals surface area contributed by atoms with E-state index >= 15 is 0 Å². The molecular weight excluding hydrogens is 380 g/mol. The van der Waals surface area contributed by atoms with E-state index in [9.17, 15) is 34.5 Å². The second-order valence-corrected chi connectivity index (χ2v) is 6.31. The molecule has 1 aliphatic rings. The molecule has 1 saturated heterocycles. The molecule has 3 amide bonds. The Bertz CT molecular complexity index is 602. The number of primary amides is 1. The summed E-state index contributed by atoms with van der Waals surface area (Å²) in [6.45, 7) is -0.256. The SMILES string of the molecule is CC(=O)N[C@H]1C(N(C(=O)CN)[C@H](CCC(=O)O)C(N)=O)O[C@H](CO)[C@@H](O)[C@@H]1O. The first-order chi connectivity index (χ1) is 13.0. The van der Waals surface area contributed by atoms with Crippen LogP contribution >= 0.6 is 0 Å². The molecule has 0 spiro atoms. The summed E-state index contributed by atoms with van der Waals surface area (Å²) in [7, 11) is 0. The number of aliphatic hydroxyl groups is 3. The van der Waals surface area contributed by atoms with Crippen LogP contribution in [0.2, 0.25) is 0 Å². The summed E-state index contributed by atoms with van der Waals surface area (Å²) in [6, 6.07) is -2.90. The lowest BCUT2D eigenvalue weighted by molar-refractivity contribution is -0.235. The molecule has 0 aromatic heterocycles. The average Bonchev–Trinajstić information content (AvgIpc) is 2.62. The Morgan fingerprint density at radius 1 is 1.21 bits per heavy atom. The van der Waals surface area contributed by atoms with Crippen LogP contribution in [-0.4, -0.2) is 98.8 Å². The first-order valence-electron chi connectivity index (χ1n) is 8.47. The van der Waals surface area contributed by atoms with Gasteiger partial charge in [-0.1, -0.05) is 0 Å². The van der Waals surface area contributed by atoms with Crippen molar-refractivity contribution in [2.24, 2.45) is 11.5 Å². The molecule has 1 unspecified atom stereocenters. The average molecular weight is 406 g/mol. The summed E-state index contributed by atoms with van der Waals surface area (Å²) >= 11 is 0. The van der Waals surface area contributed by atoms with Crippen LogP contribution in [-0.2, 0) is 23.9 Å². The summed E-state index contributed by atoms with van der Waals surface area (Å²) in [6.07, 6.45) is -7.10. The fourth-order valence-corrected chi connectivity index (χ4v) is 3.00. The van der Waals surface area contributed by atoms with Crippen molar-refractivity contribution in [3.63, 3.8) is 0 Å². The van der Waals surface area contributed by atoms with Gasteiger partial charge in [0.15, 0.2) is 6.23 Å². The lowest BCUT2D eigenvalue weighted by Crippen LogP contribution is -2.71. The van der Waals surface area contributed by atoms with Gasteiger partial charge in [-0.3, -0.25) is 19.2 Å². The molecule has 13 nitrogen and oxygen atoms in total. The standard InChI is InChI=1S/C15H26N4O9/c1-6(21)18-11-13(26)12(25)8(5-20)28-15(11)19(9(22)4-16)7(14(17)27)2-3-10(23)24/h7-8,11-13,15,20,25-26H,2-5,16H2,1H3,(H2,17,27)(H,18,21)(H,23,24)/t7-,8-,11-,12-,13-,15?/m1/s1. The van der Waals surface area contributed by atoms with E-state index in [1.165, 1.54) is 0 Å². The van der Waals surface area contributed by atoms with Gasteiger partial charge >= 0.3 is 5.97 Å². The Labute approximate surface area is 160 Å². The van der Waals surface area contributed by atoms with Gasteiger partial charge in [-0.15, -0.1) is 0 Å². The fraction of sp³-hybridized carbons (Fsp3) is 0.733. The number of nitrogens with one attached hydrogen (secondary N) is 1. The van der Waals surface area contributed by atoms with Crippen molar-refractivity contribution in [2.45, 2.75) is 56.4 Å². The van der Waals surface area contributed by atoms with Gasteiger partial charge in [-0.2, -0.15) is 0 Å². The largest absolute Gasteiger partial charge is 0.481 e. The number of carboxylic acid groups (broad SMARTS) is 1. The van der Waals surface area contributed by atoms with Gasteiger partial charge in [0, 0.05) is 13.3 Å². The molecule has 9 N–H and O–H groups in total. The highest BCUT2D eigenvalue weighted by atomic mass is 16.5. The van der Waals surface area contributed by atoms with Gasteiger partial charge in [0.05, 0.1) is 13.2 Å². The van der Waals surface area contributed by atoms with E-state index in [0.717, 1.165) is 11.8 Å². The molecule has 0 bridgehead atoms. The Hall–Kier alpha value is -2.32. The summed E-state index contributed by atoms with van der Waals surface area (Å²) < 4.78 is 5.47. The number of carboxylic acids is 1. The van der Waals surface area contributed by atoms with E-state index in [4.69, 9.17) is 21.3 Å². The van der Waals surface area contributed by atoms with E-state index in [1.54, 1.807) is 0 Å². The number of nitrogens with two attached hydrogens (primary N) is 2. The lowest BCUT2D eigenvalue weighted by Gasteiger charge is -2.48. The number of aliphatic hydroxyl groups excluding tert-OH is 3. The predicted molar refractivity (Wildman–Crippen MR) is 91.1 cm³/mol. The van der Waals surface area contributed by atoms with Gasteiger partial charge in [-0.05, 0) is 6.42 Å². The smallest absolute Gasteiger partial charge is 0.303 e. The molecule has 13 heteroatoms. The zero-order valence-electron chi connectivity index (χ0n) is 15.2. The van der Waals surface area contributed by atoms with Crippen molar-refractivity contribution in [3.05, 3.63) is 0 Å². The van der Waals surface area contributed by atoms with Crippen molar-refractivity contribution in [1.82, 2.24) is 10.2 Å². The Morgan fingerprint density at radius 2 is 1.82 bits per heavy atom. The van der Waals surface area contributed by atoms with Crippen molar-refractivity contribution in [3.8, 4) is 0 Å². The second kappa shape index (κ2) is 10.3. The van der Waals surface area contributed by atoms with E-state index in [1.807, 2.05) is 0 Å². The number of hydrogen-bond donors (Lipinski definition) is 7. The van der Waals surface area contributed by atoms with Crippen LogP contribution in [0.15, 0.2) is 0 Å². The van der Waals surface area contributed by atoms with Crippen LogP contribution in [0.3, 0.4) is 0 Å². The maximum Gasteiger partial charge on any atom is 0.303 e. The highest BCUT2D eigenvalue weighted by molar-refractivity contribution is 5.88. The third-order valence-corrected chi connectivity index (χ3v) is 4.30. The number of carbonyl (C=O) groups excluding carboxylic acids is 3. The van der Waals surface area contributed by atoms with Crippen LogP contribution < -0.4 is 16.8 Å². The summed E-state index contributed by atoms with van der Waals surface area (Å²) in [5, 5.41) is 41.0. The van der Waals surface area contributed by atoms with Gasteiger partial charge < -0.3 is 46.8 Å². The van der Waals surface area contributed by atoms with Crippen molar-refractivity contribution < 1.29 is 44.3 Å². The molecule has 160 valence electrons. The van der Waals surface area contributed by atoms with Gasteiger partial charge in [0.1, 0.15) is 30.4 Å². The normalized spacial score (nSPS) is 28.2. The summed E-state index contributed by atoms with van der Waals surface area (Å²) in [4.78, 5) is 47.6. The zero-order chi connectivity index (χ0) is 21.6. The number of amides is 3. The first kappa shape index (κ1) is 23.7. The van der Waals surface area contributed by atoms with E-state index in [0.29, 0.717) is 0 Å². The predicted octanol–water partition coefficient (Wildman–Crippen LogP) is -4.56. The molecule has 1 aliphatic heterocycles. The summed E-state index contributed by atoms with van der Waals surface area (Å²) in [5.41, 5.74) is 10.7. The maximum atomic E-state index is 12.5. The molecule has 0 aromatic rings. The van der Waals surface area contributed by atoms with Crippen LogP contribution in [0, 0.1) is 0 Å². The van der Waals surface area contributed by atoms with Crippen LogP contribution in [0.1, 0.15) is 19.8 Å². The molecule has 0 aliphatic carbocycles. The maximum absolute atomic E-state index is 12.5. The van der Waals surface area contributed by atoms with Crippen LogP contribution in [0.25, 0.3) is 0 Å². The minimum atomic E-state index is -1.68. The van der Waals surface area contributed by atoms with E-state index in [-0.39, 0.29) is 6.42 Å². The van der Waals surface area contributed by atoms with Gasteiger partial charge in [-0.25, -0.2) is 0 Å². The van der Waals surface area contributed by atoms with Gasteiger partial charge in [0.25, 0.3) is 0 Å². The molecule has 0 aromatic carbocycles. The second-order valence-electron chi connectivity index (χ2n) is 6.31. The van der Waals surface area contributed by atoms with E-state index < -0.39 is 79.9 Å². The number of hydrogen-bond acceptors (Lipinski definition) is 9. The summed E-state index contributed by atoms with van der Waals surface area (Å²) in [5.74, 6) is -3.84. The van der Waals surface area contributed by atoms with Crippen molar-refractivity contribution in [2.75, 3.05) is 13.2 Å². The Balaban J connectivity index is 3.38. The number of nitrogens with zero attached hydrogens (tertiary/aromatic N) is 1. The number of ether oxygens (including phenoxy) is 1. The first-order valence-corrected chi connectivity index (χ1v) is 8.47. The van der Waals surface area contributed by atoms with E-state index in [2.05, 4.69) is 5.32 Å². The molecule has 6 atom stereocenters. The minimum Gasteiger partial charge on any atom is -0.481 e. The molecule has 1 fully saturated rings. The highest BCUT2D eigenvalue weighted by Crippen LogP contribution is 2.26. The molecule has 0 saturated carbocycles. The van der Waals surface area contributed by atoms with Crippen molar-refractivity contribution >= 4 is 23.7 Å². The molecule has 1 rings (SSSR count). The van der Waals surface area contributed by atoms with Gasteiger partial charge in [0.2, 0.25) is 17.7 Å². The fourth-order valence-electron chi connectivity index (χ4n) is 3.00. The monoisotopic (exact) mass is 406 g/mol. The zero-order valence-corrected chi connectivity index (χ0v) is 15.2. The quantitative estimate of drug-likeness (QED) is 0.194. The molecule has 28 heavy (non-hydrogen) atoms. The third-order valence-electron chi connectivity index (χ3n) is 4.30. The highest BCUT2D eigenvalue weighted by Gasteiger charge is 2.50. The third kappa shape index (κ3) is 5.59. The lowest BCUT2D eigenvalue weighted by atomic mass is 9.94. The molecule has 0 radical (unpaired) electrons. The molecule has 1 heterocycles. The van der Waals surface area contributed by atoms with Crippen molar-refractivity contribution in [1.29, 1.82) is 0 Å². The Kier molecular flexibility index (Phi) is 8.71. The number of carbonyl (C=O) groups is 4. The topological polar surface area (TPSA) is 226 Å². The molecular formula is C15H26N4O9. The van der Waals surface area contributed by atoms with Crippen LogP contribution in [0.4, 0.5) is 0 Å². The van der Waals surface area contributed by atoms with Crippen LogP contribution in [0.5, 0.6) is 0 Å². The Morgan fingerprint density at radius 3 is 2.25 bits per heavy atom. The minimum absolute atomic E-state index is 0.383. The number of aliphatic carboxylic acids is 1.